The summed E-state index contributed by atoms with van der Waals surface area (Å²) in [6.45, 7) is 7.43. The first-order valence-corrected chi connectivity index (χ1v) is 13.2. The van der Waals surface area contributed by atoms with Crippen LogP contribution < -0.4 is 10.6 Å². The summed E-state index contributed by atoms with van der Waals surface area (Å²) >= 11 is 12.5. The van der Waals surface area contributed by atoms with Crippen molar-refractivity contribution in [3.8, 4) is 0 Å². The number of halogens is 3. The van der Waals surface area contributed by atoms with Gasteiger partial charge in [-0.05, 0) is 55.3 Å². The lowest BCUT2D eigenvalue weighted by Gasteiger charge is -2.38. The first-order chi connectivity index (χ1) is 17.3. The molecule has 2 aromatic carbocycles. The van der Waals surface area contributed by atoms with Gasteiger partial charge in [0.2, 0.25) is 11.8 Å². The van der Waals surface area contributed by atoms with Crippen LogP contribution in [0.1, 0.15) is 44.2 Å². The lowest BCUT2D eigenvalue weighted by molar-refractivity contribution is -0.132. The molecule has 0 radical (unpaired) electrons. The molecule has 0 aliphatic carbocycles. The summed E-state index contributed by atoms with van der Waals surface area (Å²) in [5.74, 6) is -1.93. The Kier molecular flexibility index (Phi) is 7.65. The van der Waals surface area contributed by atoms with E-state index in [1.54, 1.807) is 36.2 Å². The van der Waals surface area contributed by atoms with E-state index in [-0.39, 0.29) is 27.8 Å². The fourth-order valence-electron chi connectivity index (χ4n) is 5.84. The fourth-order valence-corrected chi connectivity index (χ4v) is 6.19. The quantitative estimate of drug-likeness (QED) is 0.538. The van der Waals surface area contributed by atoms with Crippen LogP contribution in [0.15, 0.2) is 36.4 Å². The van der Waals surface area contributed by atoms with Gasteiger partial charge in [-0.15, -0.1) is 0 Å². The van der Waals surface area contributed by atoms with E-state index < -0.39 is 29.2 Å². The van der Waals surface area contributed by atoms with E-state index in [2.05, 4.69) is 31.4 Å². The maximum atomic E-state index is 15.8. The van der Waals surface area contributed by atoms with Gasteiger partial charge >= 0.3 is 0 Å². The Labute approximate surface area is 228 Å². The van der Waals surface area contributed by atoms with Crippen molar-refractivity contribution in [2.45, 2.75) is 50.6 Å². The van der Waals surface area contributed by atoms with Crippen LogP contribution in [0.3, 0.4) is 0 Å². The Hall–Kier alpha value is -2.19. The molecule has 1 spiro atoms. The molecule has 2 N–H and O–H groups in total. The maximum absolute atomic E-state index is 15.8. The highest BCUT2D eigenvalue weighted by Gasteiger charge is 2.66. The summed E-state index contributed by atoms with van der Waals surface area (Å²) in [7, 11) is 5.62. The molecule has 6 nitrogen and oxygen atoms in total. The van der Waals surface area contributed by atoms with E-state index in [0.717, 1.165) is 0 Å². The Bertz CT molecular complexity index is 1220. The minimum Gasteiger partial charge on any atom is -0.343 e. The molecule has 2 aliphatic heterocycles. The first-order valence-electron chi connectivity index (χ1n) is 12.5. The van der Waals surface area contributed by atoms with E-state index in [1.807, 2.05) is 25.1 Å². The Morgan fingerprint density at radius 3 is 2.46 bits per heavy atom. The van der Waals surface area contributed by atoms with E-state index in [0.29, 0.717) is 35.8 Å². The molecule has 1 saturated heterocycles. The number of hydrogen-bond acceptors (Lipinski definition) is 4. The van der Waals surface area contributed by atoms with Crippen molar-refractivity contribution in [3.05, 3.63) is 63.4 Å². The number of carbonyl (C=O) groups is 2. The van der Waals surface area contributed by atoms with Crippen LogP contribution in [0, 0.1) is 11.2 Å². The third kappa shape index (κ3) is 4.99. The molecule has 4 rings (SSSR count). The standard InChI is InChI=1S/C28H35Cl2FN4O2/c1-27(2,3)15-21-28(18-11-10-16(29)14-20(18)32-26(28)37)22(17-8-7-9-19(30)23(17)31)24(33-21)25(36)35(6)13-12-34(4)5/h7-11,14,21-22,24,33H,12-13,15H2,1-6H3,(H,32,37)/t21-,22?,24-,28+/m1/s1. The normalized spacial score (nSPS) is 25.0. The lowest BCUT2D eigenvalue weighted by Crippen LogP contribution is -2.49. The largest absolute Gasteiger partial charge is 0.343 e. The molecule has 2 heterocycles. The molecule has 2 aromatic rings. The van der Waals surface area contributed by atoms with Gasteiger partial charge < -0.3 is 20.4 Å². The van der Waals surface area contributed by atoms with Crippen molar-refractivity contribution in [3.63, 3.8) is 0 Å². The van der Waals surface area contributed by atoms with E-state index >= 15 is 4.39 Å². The average Bonchev–Trinajstić information content (AvgIpc) is 3.27. The number of hydrogen-bond donors (Lipinski definition) is 2. The number of benzene rings is 2. The van der Waals surface area contributed by atoms with Crippen molar-refractivity contribution in [2.75, 3.05) is 39.5 Å². The number of carbonyl (C=O) groups excluding carboxylic acids is 2. The third-order valence-corrected chi connectivity index (χ3v) is 7.99. The Balaban J connectivity index is 1.96. The van der Waals surface area contributed by atoms with Gasteiger partial charge in [0.25, 0.3) is 0 Å². The summed E-state index contributed by atoms with van der Waals surface area (Å²) in [5.41, 5.74) is 0.0982. The highest BCUT2D eigenvalue weighted by Crippen LogP contribution is 2.57. The van der Waals surface area contributed by atoms with Gasteiger partial charge in [-0.2, -0.15) is 0 Å². The average molecular weight is 550 g/mol. The van der Waals surface area contributed by atoms with Crippen LogP contribution in [0.25, 0.3) is 0 Å². The molecule has 200 valence electrons. The molecular formula is C28H35Cl2FN4O2. The van der Waals surface area contributed by atoms with Crippen molar-refractivity contribution in [2.24, 2.45) is 5.41 Å². The van der Waals surface area contributed by atoms with Crippen molar-refractivity contribution >= 4 is 40.7 Å². The maximum Gasteiger partial charge on any atom is 0.240 e. The van der Waals surface area contributed by atoms with Gasteiger partial charge in [0.1, 0.15) is 11.2 Å². The molecular weight excluding hydrogens is 514 g/mol. The van der Waals surface area contributed by atoms with E-state index in [1.165, 1.54) is 6.07 Å². The second-order valence-electron chi connectivity index (χ2n) is 11.7. The smallest absolute Gasteiger partial charge is 0.240 e. The Morgan fingerprint density at radius 2 is 1.81 bits per heavy atom. The number of rotatable bonds is 6. The zero-order chi connectivity index (χ0) is 27.3. The summed E-state index contributed by atoms with van der Waals surface area (Å²) in [6.07, 6.45) is 0.576. The second-order valence-corrected chi connectivity index (χ2v) is 12.5. The molecule has 1 fully saturated rings. The molecule has 0 saturated carbocycles. The van der Waals surface area contributed by atoms with Crippen LogP contribution in [0.2, 0.25) is 10.0 Å². The van der Waals surface area contributed by atoms with Crippen molar-refractivity contribution in [1.29, 1.82) is 0 Å². The number of amides is 2. The molecule has 0 aromatic heterocycles. The van der Waals surface area contributed by atoms with Crippen molar-refractivity contribution in [1.82, 2.24) is 15.1 Å². The molecule has 2 aliphatic rings. The Morgan fingerprint density at radius 1 is 1.11 bits per heavy atom. The number of fused-ring (bicyclic) bond motifs is 2. The van der Waals surface area contributed by atoms with E-state index in [4.69, 9.17) is 23.2 Å². The highest BCUT2D eigenvalue weighted by atomic mass is 35.5. The number of nitrogens with one attached hydrogen (secondary N) is 2. The monoisotopic (exact) mass is 548 g/mol. The molecule has 4 atom stereocenters. The highest BCUT2D eigenvalue weighted by molar-refractivity contribution is 6.31. The molecule has 9 heteroatoms. The van der Waals surface area contributed by atoms with Gasteiger partial charge in [-0.1, -0.05) is 62.2 Å². The predicted octanol–water partition coefficient (Wildman–Crippen LogP) is 4.90. The minimum absolute atomic E-state index is 0.0474. The van der Waals surface area contributed by atoms with Crippen LogP contribution in [-0.4, -0.2) is 67.9 Å². The lowest BCUT2D eigenvalue weighted by atomic mass is 9.62. The van der Waals surface area contributed by atoms with Crippen LogP contribution >= 0.6 is 23.2 Å². The van der Waals surface area contributed by atoms with E-state index in [9.17, 15) is 9.59 Å². The zero-order valence-corrected chi connectivity index (χ0v) is 23.7. The molecule has 2 amide bonds. The number of nitrogens with zero attached hydrogens (tertiary/aromatic N) is 2. The van der Waals surface area contributed by atoms with Crippen LogP contribution in [-0.2, 0) is 15.0 Å². The zero-order valence-electron chi connectivity index (χ0n) is 22.2. The first kappa shape index (κ1) is 27.8. The minimum atomic E-state index is -1.25. The SMILES string of the molecule is CN(C)CCN(C)C(=O)[C@@H]1N[C@H](CC(C)(C)C)[C@]2(C(=O)Nc3cc(Cl)ccc32)C1c1cccc(Cl)c1F. The summed E-state index contributed by atoms with van der Waals surface area (Å²) in [4.78, 5) is 31.8. The van der Waals surface area contributed by atoms with Crippen molar-refractivity contribution < 1.29 is 14.0 Å². The van der Waals surface area contributed by atoms with Gasteiger partial charge in [0.15, 0.2) is 0 Å². The fraction of sp³-hybridized carbons (Fsp3) is 0.500. The predicted molar refractivity (Wildman–Crippen MR) is 147 cm³/mol. The van der Waals surface area contributed by atoms with Gasteiger partial charge in [-0.3, -0.25) is 9.59 Å². The van der Waals surface area contributed by atoms with Crippen LogP contribution in [0.5, 0.6) is 0 Å². The number of likely N-dealkylation sites (N-methyl/N-ethyl adjacent to an activating group) is 2. The molecule has 0 bridgehead atoms. The summed E-state index contributed by atoms with van der Waals surface area (Å²) in [5, 5.41) is 6.96. The van der Waals surface area contributed by atoms with Gasteiger partial charge in [0.05, 0.1) is 11.1 Å². The second kappa shape index (κ2) is 10.2. The summed E-state index contributed by atoms with van der Waals surface area (Å²) < 4.78 is 15.8. The third-order valence-electron chi connectivity index (χ3n) is 7.46. The number of anilines is 1. The van der Waals surface area contributed by atoms with Gasteiger partial charge in [-0.25, -0.2) is 4.39 Å². The van der Waals surface area contributed by atoms with Gasteiger partial charge in [0, 0.05) is 42.8 Å². The van der Waals surface area contributed by atoms with Crippen LogP contribution in [0.4, 0.5) is 10.1 Å². The molecule has 37 heavy (non-hydrogen) atoms. The summed E-state index contributed by atoms with van der Waals surface area (Å²) in [6, 6.07) is 8.75. The topological polar surface area (TPSA) is 64.7 Å². The molecule has 1 unspecified atom stereocenters.